The van der Waals surface area contributed by atoms with Crippen LogP contribution < -0.4 is 15.2 Å². The van der Waals surface area contributed by atoms with E-state index in [1.54, 1.807) is 6.07 Å². The first-order valence-electron chi connectivity index (χ1n) is 15.9. The second-order valence-electron chi connectivity index (χ2n) is 11.5. The summed E-state index contributed by atoms with van der Waals surface area (Å²) >= 11 is 1.81. The van der Waals surface area contributed by atoms with Crippen molar-refractivity contribution >= 4 is 43.9 Å². The van der Waals surface area contributed by atoms with Crippen LogP contribution in [-0.2, 0) is 0 Å². The third-order valence-electron chi connectivity index (χ3n) is 8.44. The quantitative estimate of drug-likeness (QED) is 0.132. The van der Waals surface area contributed by atoms with Gasteiger partial charge >= 0.3 is 0 Å². The summed E-state index contributed by atoms with van der Waals surface area (Å²) in [6, 6.07) is 17.9. The summed E-state index contributed by atoms with van der Waals surface area (Å²) in [7, 11) is 0. The number of pyridine rings is 1. The number of unbranched alkanes of at least 4 members (excludes halogenated alkanes) is 7. The molecule has 0 atom stereocenters. The van der Waals surface area contributed by atoms with E-state index >= 15 is 0 Å². The number of anilines is 1. The van der Waals surface area contributed by atoms with Crippen molar-refractivity contribution in [1.82, 2.24) is 9.47 Å². The van der Waals surface area contributed by atoms with Crippen molar-refractivity contribution < 1.29 is 9.53 Å². The molecule has 5 rings (SSSR count). The Hall–Kier alpha value is -3.16. The number of thiophene rings is 1. The number of carbonyl (C=O) groups excluding carboxylic acids is 1. The fourth-order valence-electron chi connectivity index (χ4n) is 6.00. The molecule has 0 amide bonds. The van der Waals surface area contributed by atoms with Crippen molar-refractivity contribution in [1.29, 1.82) is 0 Å². The zero-order valence-electron chi connectivity index (χ0n) is 25.1. The van der Waals surface area contributed by atoms with Crippen LogP contribution in [0.15, 0.2) is 64.8 Å². The molecule has 42 heavy (non-hydrogen) atoms. The highest BCUT2D eigenvalue weighted by Crippen LogP contribution is 2.31. The van der Waals surface area contributed by atoms with Crippen molar-refractivity contribution in [2.75, 3.05) is 44.2 Å². The van der Waals surface area contributed by atoms with Gasteiger partial charge in [0.25, 0.3) is 5.56 Å². The molecule has 6 nitrogen and oxygen atoms in total. The highest BCUT2D eigenvalue weighted by atomic mass is 32.1. The van der Waals surface area contributed by atoms with E-state index in [1.165, 1.54) is 52.1 Å². The molecule has 0 unspecified atom stereocenters. The van der Waals surface area contributed by atoms with E-state index in [0.29, 0.717) is 24.3 Å². The van der Waals surface area contributed by atoms with Crippen LogP contribution in [0, 0.1) is 0 Å². The van der Waals surface area contributed by atoms with Gasteiger partial charge in [-0.25, -0.2) is 4.57 Å². The summed E-state index contributed by atoms with van der Waals surface area (Å²) in [5, 5.41) is 4.43. The molecule has 2 aromatic carbocycles. The largest absolute Gasteiger partial charge is 0.494 e. The van der Waals surface area contributed by atoms with Gasteiger partial charge in [0.1, 0.15) is 5.75 Å². The van der Waals surface area contributed by atoms with Gasteiger partial charge in [-0.2, -0.15) is 0 Å². The van der Waals surface area contributed by atoms with E-state index in [2.05, 4.69) is 46.4 Å². The second-order valence-corrected chi connectivity index (χ2v) is 12.4. The molecule has 0 N–H and O–H groups in total. The predicted octanol–water partition coefficient (Wildman–Crippen LogP) is 7.98. The number of hydrogen-bond acceptors (Lipinski definition) is 6. The van der Waals surface area contributed by atoms with E-state index in [1.807, 2.05) is 29.5 Å². The van der Waals surface area contributed by atoms with Gasteiger partial charge in [-0.05, 0) is 73.0 Å². The maximum Gasteiger partial charge on any atom is 0.257 e. The van der Waals surface area contributed by atoms with Gasteiger partial charge in [0.05, 0.1) is 12.1 Å². The fourth-order valence-corrected chi connectivity index (χ4v) is 6.81. The van der Waals surface area contributed by atoms with Crippen LogP contribution in [0.4, 0.5) is 5.69 Å². The van der Waals surface area contributed by atoms with Crippen LogP contribution in [0.25, 0.3) is 21.0 Å². The molecule has 224 valence electrons. The molecule has 0 bridgehead atoms. The van der Waals surface area contributed by atoms with Crippen molar-refractivity contribution in [2.45, 2.75) is 71.1 Å². The zero-order chi connectivity index (χ0) is 29.1. The van der Waals surface area contributed by atoms with Gasteiger partial charge in [-0.1, -0.05) is 51.5 Å². The van der Waals surface area contributed by atoms with Crippen LogP contribution in [0.5, 0.6) is 5.75 Å². The Labute approximate surface area is 253 Å². The zero-order valence-corrected chi connectivity index (χ0v) is 25.9. The summed E-state index contributed by atoms with van der Waals surface area (Å²) in [6.07, 6.45) is 10.4. The minimum atomic E-state index is -0.264. The Balaban J connectivity index is 1.06. The molecule has 0 aliphatic carbocycles. The Morgan fingerprint density at radius 3 is 2.48 bits per heavy atom. The third kappa shape index (κ3) is 7.81. The van der Waals surface area contributed by atoms with Gasteiger partial charge in [0.15, 0.2) is 0 Å². The van der Waals surface area contributed by atoms with Crippen molar-refractivity contribution in [3.8, 4) is 5.75 Å². The lowest BCUT2D eigenvalue weighted by Gasteiger charge is -2.36. The SMILES string of the molecule is CCCCCCCCCC(=O)n1c(=O)ccc2ccc(OCCCCN3CCN(c4cccc5sccc45)CC3)cc21. The summed E-state index contributed by atoms with van der Waals surface area (Å²) in [5.41, 5.74) is 1.74. The number of hydrogen-bond donors (Lipinski definition) is 0. The number of carbonyl (C=O) groups is 1. The van der Waals surface area contributed by atoms with E-state index in [9.17, 15) is 9.59 Å². The Kier molecular flexibility index (Phi) is 11.1. The van der Waals surface area contributed by atoms with Crippen LogP contribution >= 0.6 is 11.3 Å². The number of benzene rings is 2. The van der Waals surface area contributed by atoms with Gasteiger partial charge in [0.2, 0.25) is 5.91 Å². The van der Waals surface area contributed by atoms with Gasteiger partial charge in [-0.3, -0.25) is 14.5 Å². The molecule has 7 heteroatoms. The van der Waals surface area contributed by atoms with Gasteiger partial charge < -0.3 is 9.64 Å². The summed E-state index contributed by atoms with van der Waals surface area (Å²) in [5.74, 6) is 0.588. The highest BCUT2D eigenvalue weighted by molar-refractivity contribution is 7.17. The number of nitrogens with zero attached hydrogens (tertiary/aromatic N) is 3. The van der Waals surface area contributed by atoms with E-state index in [-0.39, 0.29) is 11.5 Å². The summed E-state index contributed by atoms with van der Waals surface area (Å²) in [6.45, 7) is 8.18. The number of ether oxygens (including phenoxy) is 1. The van der Waals surface area contributed by atoms with Crippen LogP contribution in [0.2, 0.25) is 0 Å². The van der Waals surface area contributed by atoms with Gasteiger partial charge in [0, 0.05) is 60.5 Å². The molecule has 0 spiro atoms. The fraction of sp³-hybridized carbons (Fsp3) is 0.486. The number of piperazine rings is 1. The lowest BCUT2D eigenvalue weighted by atomic mass is 10.1. The lowest BCUT2D eigenvalue weighted by molar-refractivity contribution is 0.0900. The van der Waals surface area contributed by atoms with Crippen molar-refractivity contribution in [3.63, 3.8) is 0 Å². The average molecular weight is 588 g/mol. The van der Waals surface area contributed by atoms with Crippen molar-refractivity contribution in [3.05, 3.63) is 70.3 Å². The normalized spacial score (nSPS) is 14.2. The Bertz CT molecular complexity index is 1500. The van der Waals surface area contributed by atoms with E-state index in [0.717, 1.165) is 70.2 Å². The topological polar surface area (TPSA) is 54.8 Å². The minimum Gasteiger partial charge on any atom is -0.494 e. The summed E-state index contributed by atoms with van der Waals surface area (Å²) < 4.78 is 8.78. The predicted molar refractivity (Wildman–Crippen MR) is 177 cm³/mol. The third-order valence-corrected chi connectivity index (χ3v) is 9.32. The van der Waals surface area contributed by atoms with E-state index in [4.69, 9.17) is 4.74 Å². The maximum atomic E-state index is 13.0. The Morgan fingerprint density at radius 2 is 1.64 bits per heavy atom. The highest BCUT2D eigenvalue weighted by Gasteiger charge is 2.18. The first-order valence-corrected chi connectivity index (χ1v) is 16.8. The maximum absolute atomic E-state index is 13.0. The molecule has 4 aromatic rings. The minimum absolute atomic E-state index is 0.122. The second kappa shape index (κ2) is 15.4. The number of aromatic nitrogens is 1. The molecule has 1 aliphatic heterocycles. The van der Waals surface area contributed by atoms with Crippen LogP contribution in [-0.4, -0.2) is 54.7 Å². The monoisotopic (exact) mass is 587 g/mol. The molecule has 3 heterocycles. The number of rotatable bonds is 15. The first kappa shape index (κ1) is 30.3. The molecular weight excluding hydrogens is 542 g/mol. The molecule has 0 radical (unpaired) electrons. The molecule has 1 aliphatic rings. The average Bonchev–Trinajstić information content (AvgIpc) is 3.50. The molecule has 0 saturated carbocycles. The van der Waals surface area contributed by atoms with Crippen molar-refractivity contribution in [2.24, 2.45) is 0 Å². The lowest BCUT2D eigenvalue weighted by Crippen LogP contribution is -2.46. The molecular formula is C35H45N3O3S. The van der Waals surface area contributed by atoms with Crippen LogP contribution in [0.1, 0.15) is 75.9 Å². The van der Waals surface area contributed by atoms with E-state index < -0.39 is 0 Å². The number of fused-ring (bicyclic) bond motifs is 2. The molecule has 1 saturated heterocycles. The molecule has 1 fully saturated rings. The standard InChI is InChI=1S/C35H45N3O3S/c1-2-3-4-5-6-7-8-14-34(39)38-32-27-29(17-15-28(32)16-18-35(38)40)41-25-10-9-20-36-21-23-37(24-22-36)31-12-11-13-33-30(31)19-26-42-33/h11-13,15-19,26-27H,2-10,14,20-25H2,1H3. The summed E-state index contributed by atoms with van der Waals surface area (Å²) in [4.78, 5) is 30.8. The van der Waals surface area contributed by atoms with Crippen LogP contribution in [0.3, 0.4) is 0 Å². The molecule has 2 aromatic heterocycles. The smallest absolute Gasteiger partial charge is 0.257 e. The first-order chi connectivity index (χ1) is 20.6. The Morgan fingerprint density at radius 1 is 0.857 bits per heavy atom. The van der Waals surface area contributed by atoms with Gasteiger partial charge in [-0.15, -0.1) is 11.3 Å².